The van der Waals surface area contributed by atoms with Crippen molar-refractivity contribution < 1.29 is 27.4 Å². The molecule has 0 saturated carbocycles. The summed E-state index contributed by atoms with van der Waals surface area (Å²) < 4.78 is 43.5. The summed E-state index contributed by atoms with van der Waals surface area (Å²) in [7, 11) is 0.857. The van der Waals surface area contributed by atoms with Crippen LogP contribution in [0.15, 0.2) is 41.3 Å². The number of benzene rings is 2. The van der Waals surface area contributed by atoms with Gasteiger partial charge in [0.05, 0.1) is 31.8 Å². The molecule has 0 unspecified atom stereocenters. The zero-order valence-corrected chi connectivity index (χ0v) is 19.7. The van der Waals surface area contributed by atoms with Crippen LogP contribution in [-0.4, -0.2) is 53.0 Å². The summed E-state index contributed by atoms with van der Waals surface area (Å²) in [5.74, 6) is 1.53. The number of carbonyl (C=O) groups excluding carboxylic acids is 1. The van der Waals surface area contributed by atoms with Gasteiger partial charge in [0.15, 0.2) is 11.5 Å². The lowest BCUT2D eigenvalue weighted by molar-refractivity contribution is 0.0947. The molecule has 0 aromatic heterocycles. The first-order valence-electron chi connectivity index (χ1n) is 10.5. The SMILES string of the molecule is COc1ccc(CNC(=O)c2cc(S(=O)(=O)N3CCC(C)CC3)ccc2OC)cc1OC. The van der Waals surface area contributed by atoms with Crippen molar-refractivity contribution in [2.45, 2.75) is 31.2 Å². The van der Waals surface area contributed by atoms with Crippen LogP contribution in [0.25, 0.3) is 0 Å². The Morgan fingerprint density at radius 1 is 0.969 bits per heavy atom. The molecular weight excluding hydrogens is 432 g/mol. The predicted molar refractivity (Wildman–Crippen MR) is 121 cm³/mol. The number of carbonyl (C=O) groups is 1. The van der Waals surface area contributed by atoms with Crippen LogP contribution in [0.5, 0.6) is 17.2 Å². The number of hydrogen-bond donors (Lipinski definition) is 1. The number of methoxy groups -OCH3 is 3. The number of rotatable bonds is 8. The van der Waals surface area contributed by atoms with Gasteiger partial charge in [-0.25, -0.2) is 8.42 Å². The summed E-state index contributed by atoms with van der Waals surface area (Å²) in [5.41, 5.74) is 0.973. The second kappa shape index (κ2) is 10.2. The fourth-order valence-electron chi connectivity index (χ4n) is 3.67. The van der Waals surface area contributed by atoms with Crippen molar-refractivity contribution in [3.05, 3.63) is 47.5 Å². The van der Waals surface area contributed by atoms with E-state index in [-0.39, 0.29) is 17.0 Å². The van der Waals surface area contributed by atoms with Gasteiger partial charge in [-0.2, -0.15) is 4.31 Å². The molecule has 32 heavy (non-hydrogen) atoms. The van der Waals surface area contributed by atoms with Crippen LogP contribution in [-0.2, 0) is 16.6 Å². The van der Waals surface area contributed by atoms with E-state index in [1.807, 2.05) is 6.07 Å². The molecule has 0 radical (unpaired) electrons. The van der Waals surface area contributed by atoms with Crippen LogP contribution in [0.4, 0.5) is 0 Å². The minimum absolute atomic E-state index is 0.0871. The van der Waals surface area contributed by atoms with Crippen molar-refractivity contribution in [2.75, 3.05) is 34.4 Å². The van der Waals surface area contributed by atoms with E-state index in [1.165, 1.54) is 29.6 Å². The van der Waals surface area contributed by atoms with E-state index in [0.717, 1.165) is 18.4 Å². The summed E-state index contributed by atoms with van der Waals surface area (Å²) in [4.78, 5) is 13.0. The molecule has 3 rings (SSSR count). The molecule has 2 aromatic carbocycles. The van der Waals surface area contributed by atoms with E-state index in [1.54, 1.807) is 26.4 Å². The molecular formula is C23H30N2O6S. The molecule has 1 saturated heterocycles. The number of amides is 1. The highest BCUT2D eigenvalue weighted by Gasteiger charge is 2.29. The molecule has 0 atom stereocenters. The van der Waals surface area contributed by atoms with Gasteiger partial charge in [-0.1, -0.05) is 13.0 Å². The number of nitrogens with zero attached hydrogens (tertiary/aromatic N) is 1. The van der Waals surface area contributed by atoms with Crippen molar-refractivity contribution in [1.82, 2.24) is 9.62 Å². The molecule has 1 fully saturated rings. The quantitative estimate of drug-likeness (QED) is 0.648. The lowest BCUT2D eigenvalue weighted by Crippen LogP contribution is -2.38. The fraction of sp³-hybridized carbons (Fsp3) is 0.435. The number of ether oxygens (including phenoxy) is 3. The van der Waals surface area contributed by atoms with Gasteiger partial charge in [0.2, 0.25) is 10.0 Å². The van der Waals surface area contributed by atoms with Crippen LogP contribution in [0, 0.1) is 5.92 Å². The van der Waals surface area contributed by atoms with Crippen LogP contribution in [0.1, 0.15) is 35.7 Å². The standard InChI is InChI=1S/C23H30N2O6S/c1-16-9-11-25(12-10-16)32(27,28)18-6-8-20(29-2)19(14-18)23(26)24-15-17-5-7-21(30-3)22(13-17)31-4/h5-8,13-14,16H,9-12,15H2,1-4H3,(H,24,26). The molecule has 1 amide bonds. The lowest BCUT2D eigenvalue weighted by Gasteiger charge is -2.29. The Morgan fingerprint density at radius 2 is 1.59 bits per heavy atom. The smallest absolute Gasteiger partial charge is 0.255 e. The zero-order valence-electron chi connectivity index (χ0n) is 18.9. The number of nitrogens with one attached hydrogen (secondary N) is 1. The van der Waals surface area contributed by atoms with E-state index >= 15 is 0 Å². The molecule has 1 heterocycles. The highest BCUT2D eigenvalue weighted by Crippen LogP contribution is 2.29. The molecule has 1 aliphatic heterocycles. The summed E-state index contributed by atoms with van der Waals surface area (Å²) in [5, 5.41) is 2.82. The first kappa shape index (κ1) is 23.9. The lowest BCUT2D eigenvalue weighted by atomic mass is 10.0. The maximum atomic E-state index is 13.1. The van der Waals surface area contributed by atoms with Crippen molar-refractivity contribution in [1.29, 1.82) is 0 Å². The van der Waals surface area contributed by atoms with E-state index in [2.05, 4.69) is 12.2 Å². The van der Waals surface area contributed by atoms with Crippen LogP contribution < -0.4 is 19.5 Å². The molecule has 0 bridgehead atoms. The first-order valence-corrected chi connectivity index (χ1v) is 11.9. The number of piperidine rings is 1. The van der Waals surface area contributed by atoms with E-state index in [9.17, 15) is 13.2 Å². The highest BCUT2D eigenvalue weighted by molar-refractivity contribution is 7.89. The largest absolute Gasteiger partial charge is 0.496 e. The normalized spacial score (nSPS) is 15.2. The molecule has 8 nitrogen and oxygen atoms in total. The summed E-state index contributed by atoms with van der Waals surface area (Å²) >= 11 is 0. The Morgan fingerprint density at radius 3 is 2.22 bits per heavy atom. The van der Waals surface area contributed by atoms with E-state index < -0.39 is 15.9 Å². The molecule has 1 N–H and O–H groups in total. The second-order valence-corrected chi connectivity index (χ2v) is 9.76. The molecule has 1 aliphatic rings. The first-order chi connectivity index (χ1) is 15.3. The molecule has 174 valence electrons. The Balaban J connectivity index is 1.80. The highest BCUT2D eigenvalue weighted by atomic mass is 32.2. The fourth-order valence-corrected chi connectivity index (χ4v) is 5.16. The van der Waals surface area contributed by atoms with E-state index in [0.29, 0.717) is 36.3 Å². The van der Waals surface area contributed by atoms with Gasteiger partial charge in [0, 0.05) is 19.6 Å². The zero-order chi connectivity index (χ0) is 23.3. The third kappa shape index (κ3) is 5.16. The van der Waals surface area contributed by atoms with Gasteiger partial charge >= 0.3 is 0 Å². The van der Waals surface area contributed by atoms with Crippen LogP contribution >= 0.6 is 0 Å². The second-order valence-electron chi connectivity index (χ2n) is 7.82. The molecule has 9 heteroatoms. The third-order valence-electron chi connectivity index (χ3n) is 5.70. The Kier molecular flexibility index (Phi) is 7.63. The average molecular weight is 463 g/mol. The predicted octanol–water partition coefficient (Wildman–Crippen LogP) is 3.06. The van der Waals surface area contributed by atoms with Crippen LogP contribution in [0.2, 0.25) is 0 Å². The van der Waals surface area contributed by atoms with Gasteiger partial charge in [0.1, 0.15) is 5.75 Å². The molecule has 0 spiro atoms. The van der Waals surface area contributed by atoms with Crippen molar-refractivity contribution in [2.24, 2.45) is 5.92 Å². The Hall–Kier alpha value is -2.78. The average Bonchev–Trinajstić information content (AvgIpc) is 2.82. The van der Waals surface area contributed by atoms with Gasteiger partial charge < -0.3 is 19.5 Å². The summed E-state index contributed by atoms with van der Waals surface area (Å²) in [6.07, 6.45) is 1.65. The maximum absolute atomic E-state index is 13.1. The van der Waals surface area contributed by atoms with E-state index in [4.69, 9.17) is 14.2 Å². The van der Waals surface area contributed by atoms with Crippen molar-refractivity contribution >= 4 is 15.9 Å². The topological polar surface area (TPSA) is 94.2 Å². The van der Waals surface area contributed by atoms with Gasteiger partial charge in [0.25, 0.3) is 5.91 Å². The third-order valence-corrected chi connectivity index (χ3v) is 7.59. The minimum atomic E-state index is -3.68. The number of hydrogen-bond acceptors (Lipinski definition) is 6. The number of sulfonamides is 1. The van der Waals surface area contributed by atoms with Crippen molar-refractivity contribution in [3.63, 3.8) is 0 Å². The summed E-state index contributed by atoms with van der Waals surface area (Å²) in [6.45, 7) is 3.31. The van der Waals surface area contributed by atoms with Crippen LogP contribution in [0.3, 0.4) is 0 Å². The molecule has 2 aromatic rings. The Labute approximate surface area is 189 Å². The van der Waals surface area contributed by atoms with Crippen molar-refractivity contribution in [3.8, 4) is 17.2 Å². The van der Waals surface area contributed by atoms with Gasteiger partial charge in [-0.3, -0.25) is 4.79 Å². The maximum Gasteiger partial charge on any atom is 0.255 e. The monoisotopic (exact) mass is 462 g/mol. The molecule has 0 aliphatic carbocycles. The Bertz CT molecular complexity index is 1060. The van der Waals surface area contributed by atoms with Gasteiger partial charge in [-0.05, 0) is 54.7 Å². The van der Waals surface area contributed by atoms with Gasteiger partial charge in [-0.15, -0.1) is 0 Å². The minimum Gasteiger partial charge on any atom is -0.496 e. The summed E-state index contributed by atoms with van der Waals surface area (Å²) in [6, 6.07) is 9.73.